The molecule has 0 aromatic heterocycles. The van der Waals surface area contributed by atoms with Crippen molar-refractivity contribution in [1.29, 1.82) is 0 Å². The largest absolute Gasteiger partial charge is 0.393 e. The maximum Gasteiger partial charge on any atom is 0.393 e. The van der Waals surface area contributed by atoms with Crippen LogP contribution in [0.15, 0.2) is 24.3 Å². The first kappa shape index (κ1) is 15.5. The summed E-state index contributed by atoms with van der Waals surface area (Å²) in [6, 6.07) is 5.99. The molecule has 1 saturated heterocycles. The number of piperidine rings is 1. The molecular weight excluding hydrogens is 283 g/mol. The van der Waals surface area contributed by atoms with E-state index in [9.17, 15) is 22.8 Å². The van der Waals surface area contributed by atoms with E-state index >= 15 is 0 Å². The lowest BCUT2D eigenvalue weighted by Crippen LogP contribution is -2.44. The fourth-order valence-electron chi connectivity index (χ4n) is 2.46. The quantitative estimate of drug-likeness (QED) is 0.786. The molecule has 0 aliphatic carbocycles. The van der Waals surface area contributed by atoms with Crippen LogP contribution in [0.1, 0.15) is 40.5 Å². The Morgan fingerprint density at radius 1 is 1.14 bits per heavy atom. The van der Waals surface area contributed by atoms with Gasteiger partial charge in [-0.3, -0.25) is 9.59 Å². The molecule has 0 bridgehead atoms. The molecule has 1 aliphatic rings. The molecule has 3 nitrogen and oxygen atoms in total. The predicted octanol–water partition coefficient (Wildman–Crippen LogP) is 3.30. The summed E-state index contributed by atoms with van der Waals surface area (Å²) in [6.45, 7) is 1.45. The van der Waals surface area contributed by atoms with Crippen molar-refractivity contribution >= 4 is 11.7 Å². The van der Waals surface area contributed by atoms with E-state index in [1.807, 2.05) is 0 Å². The van der Waals surface area contributed by atoms with Gasteiger partial charge in [-0.15, -0.1) is 0 Å². The molecule has 1 aliphatic heterocycles. The van der Waals surface area contributed by atoms with Crippen molar-refractivity contribution in [2.45, 2.75) is 25.9 Å². The zero-order valence-corrected chi connectivity index (χ0v) is 11.6. The Morgan fingerprint density at radius 2 is 1.71 bits per heavy atom. The van der Waals surface area contributed by atoms with Crippen LogP contribution in [-0.4, -0.2) is 35.9 Å². The van der Waals surface area contributed by atoms with Gasteiger partial charge in [0, 0.05) is 24.2 Å². The van der Waals surface area contributed by atoms with Gasteiger partial charge in [-0.05, 0) is 31.9 Å². The summed E-state index contributed by atoms with van der Waals surface area (Å²) in [5.41, 5.74) is 0.779. The molecule has 21 heavy (non-hydrogen) atoms. The summed E-state index contributed by atoms with van der Waals surface area (Å²) in [4.78, 5) is 24.6. The SMILES string of the molecule is CC(=O)c1ccc(C(=O)N2CCC[C@H](C(F)(F)F)C2)cc1. The Kier molecular flexibility index (Phi) is 4.34. The number of halogens is 3. The van der Waals surface area contributed by atoms with E-state index in [1.54, 1.807) is 0 Å². The number of rotatable bonds is 2. The van der Waals surface area contributed by atoms with Crippen LogP contribution >= 0.6 is 0 Å². The van der Waals surface area contributed by atoms with E-state index in [2.05, 4.69) is 0 Å². The lowest BCUT2D eigenvalue weighted by molar-refractivity contribution is -0.184. The van der Waals surface area contributed by atoms with Crippen LogP contribution in [0.3, 0.4) is 0 Å². The van der Waals surface area contributed by atoms with Crippen molar-refractivity contribution in [1.82, 2.24) is 4.90 Å². The predicted molar refractivity (Wildman–Crippen MR) is 71.1 cm³/mol. The number of carbonyl (C=O) groups is 2. The minimum absolute atomic E-state index is 0.0660. The molecule has 1 atom stereocenters. The van der Waals surface area contributed by atoms with Crippen LogP contribution in [0.5, 0.6) is 0 Å². The van der Waals surface area contributed by atoms with Gasteiger partial charge >= 0.3 is 6.18 Å². The van der Waals surface area contributed by atoms with Gasteiger partial charge in [-0.2, -0.15) is 13.2 Å². The number of alkyl halides is 3. The van der Waals surface area contributed by atoms with Crippen LogP contribution in [0, 0.1) is 5.92 Å². The Bertz CT molecular complexity index is 537. The number of ketones is 1. The molecule has 0 spiro atoms. The third-order valence-electron chi connectivity index (χ3n) is 3.71. The number of hydrogen-bond acceptors (Lipinski definition) is 2. The van der Waals surface area contributed by atoms with Gasteiger partial charge in [-0.25, -0.2) is 0 Å². The van der Waals surface area contributed by atoms with Crippen molar-refractivity contribution < 1.29 is 22.8 Å². The van der Waals surface area contributed by atoms with E-state index in [4.69, 9.17) is 0 Å². The van der Waals surface area contributed by atoms with Gasteiger partial charge in [0.05, 0.1) is 5.92 Å². The second kappa shape index (κ2) is 5.87. The first-order valence-corrected chi connectivity index (χ1v) is 6.76. The summed E-state index contributed by atoms with van der Waals surface area (Å²) >= 11 is 0. The van der Waals surface area contributed by atoms with Crippen molar-refractivity contribution in [3.63, 3.8) is 0 Å². The Balaban J connectivity index is 2.10. The lowest BCUT2D eigenvalue weighted by Gasteiger charge is -2.33. The normalized spacial score (nSPS) is 19.4. The van der Waals surface area contributed by atoms with Crippen LogP contribution in [0.25, 0.3) is 0 Å². The molecule has 2 rings (SSSR count). The monoisotopic (exact) mass is 299 g/mol. The number of nitrogens with zero attached hydrogens (tertiary/aromatic N) is 1. The van der Waals surface area contributed by atoms with Gasteiger partial charge in [0.1, 0.15) is 0 Å². The van der Waals surface area contributed by atoms with Crippen molar-refractivity contribution in [2.75, 3.05) is 13.1 Å². The van der Waals surface area contributed by atoms with Gasteiger partial charge < -0.3 is 4.90 Å². The average molecular weight is 299 g/mol. The molecule has 0 N–H and O–H groups in total. The highest BCUT2D eigenvalue weighted by atomic mass is 19.4. The molecule has 1 fully saturated rings. The van der Waals surface area contributed by atoms with E-state index < -0.39 is 18.0 Å². The fourth-order valence-corrected chi connectivity index (χ4v) is 2.46. The second-order valence-corrected chi connectivity index (χ2v) is 5.27. The number of amides is 1. The van der Waals surface area contributed by atoms with E-state index in [1.165, 1.54) is 36.1 Å². The van der Waals surface area contributed by atoms with Crippen molar-refractivity contribution in [2.24, 2.45) is 5.92 Å². The van der Waals surface area contributed by atoms with Gasteiger partial charge in [0.15, 0.2) is 5.78 Å². The molecule has 0 unspecified atom stereocenters. The third-order valence-corrected chi connectivity index (χ3v) is 3.71. The summed E-state index contributed by atoms with van der Waals surface area (Å²) in [6.07, 6.45) is -3.85. The molecule has 1 amide bonds. The number of likely N-dealkylation sites (tertiary alicyclic amines) is 1. The lowest BCUT2D eigenvalue weighted by atomic mass is 9.96. The van der Waals surface area contributed by atoms with E-state index in [0.29, 0.717) is 24.1 Å². The molecule has 0 radical (unpaired) electrons. The highest BCUT2D eigenvalue weighted by molar-refractivity contribution is 5.97. The van der Waals surface area contributed by atoms with E-state index in [-0.39, 0.29) is 18.7 Å². The number of benzene rings is 1. The fraction of sp³-hybridized carbons (Fsp3) is 0.467. The smallest absolute Gasteiger partial charge is 0.338 e. The summed E-state index contributed by atoms with van der Waals surface area (Å²) in [5, 5.41) is 0. The highest BCUT2D eigenvalue weighted by Gasteiger charge is 2.42. The van der Waals surface area contributed by atoms with Crippen molar-refractivity contribution in [3.05, 3.63) is 35.4 Å². The topological polar surface area (TPSA) is 37.4 Å². The minimum atomic E-state index is -4.27. The van der Waals surface area contributed by atoms with Gasteiger partial charge in [0.25, 0.3) is 5.91 Å². The summed E-state index contributed by atoms with van der Waals surface area (Å²) in [5.74, 6) is -1.99. The van der Waals surface area contributed by atoms with E-state index in [0.717, 1.165) is 0 Å². The van der Waals surface area contributed by atoms with Crippen molar-refractivity contribution in [3.8, 4) is 0 Å². The zero-order chi connectivity index (χ0) is 15.6. The molecule has 0 saturated carbocycles. The Labute approximate surface area is 120 Å². The zero-order valence-electron chi connectivity index (χ0n) is 11.6. The minimum Gasteiger partial charge on any atom is -0.338 e. The molecule has 1 aromatic rings. The molecule has 1 aromatic carbocycles. The number of hydrogen-bond donors (Lipinski definition) is 0. The molecule has 6 heteroatoms. The molecular formula is C15H16F3NO2. The third kappa shape index (κ3) is 3.62. The van der Waals surface area contributed by atoms with Gasteiger partial charge in [0.2, 0.25) is 0 Å². The highest BCUT2D eigenvalue weighted by Crippen LogP contribution is 2.33. The average Bonchev–Trinajstić information content (AvgIpc) is 2.46. The Morgan fingerprint density at radius 3 is 2.24 bits per heavy atom. The Hall–Kier alpha value is -1.85. The van der Waals surface area contributed by atoms with Crippen LogP contribution < -0.4 is 0 Å². The first-order chi connectivity index (χ1) is 9.79. The first-order valence-electron chi connectivity index (χ1n) is 6.76. The maximum absolute atomic E-state index is 12.7. The van der Waals surface area contributed by atoms with Gasteiger partial charge in [-0.1, -0.05) is 12.1 Å². The van der Waals surface area contributed by atoms with Crippen LogP contribution in [0.4, 0.5) is 13.2 Å². The van der Waals surface area contributed by atoms with Crippen LogP contribution in [-0.2, 0) is 0 Å². The standard InChI is InChI=1S/C15H16F3NO2/c1-10(20)11-4-6-12(7-5-11)14(21)19-8-2-3-13(9-19)15(16,17)18/h4-7,13H,2-3,8-9H2,1H3/t13-/m0/s1. The summed E-state index contributed by atoms with van der Waals surface area (Å²) < 4.78 is 38.2. The molecule has 114 valence electrons. The molecule has 1 heterocycles. The van der Waals surface area contributed by atoms with Crippen LogP contribution in [0.2, 0.25) is 0 Å². The maximum atomic E-state index is 12.7. The second-order valence-electron chi connectivity index (χ2n) is 5.27. The number of Topliss-reactive ketones (excluding diaryl/α,β-unsaturated/α-hetero) is 1. The number of carbonyl (C=O) groups excluding carboxylic acids is 2. The summed E-state index contributed by atoms with van der Waals surface area (Å²) in [7, 11) is 0.